The summed E-state index contributed by atoms with van der Waals surface area (Å²) < 4.78 is 27.8. The highest BCUT2D eigenvalue weighted by atomic mass is 19.1. The van der Waals surface area contributed by atoms with E-state index >= 15 is 0 Å². The van der Waals surface area contributed by atoms with E-state index in [1.54, 1.807) is 24.3 Å². The molecule has 0 bridgehead atoms. The third-order valence-electron chi connectivity index (χ3n) is 3.68. The smallest absolute Gasteiger partial charge is 0.140 e. The predicted octanol–water partition coefficient (Wildman–Crippen LogP) is 3.25. The number of nitriles is 1. The molecule has 0 unspecified atom stereocenters. The Kier molecular flexibility index (Phi) is 4.25. The minimum atomic E-state index is -0.342. The van der Waals surface area contributed by atoms with Gasteiger partial charge in [-0.1, -0.05) is 24.3 Å². The topological polar surface area (TPSA) is 67.6 Å². The maximum atomic E-state index is 13.3. The second-order valence-electron chi connectivity index (χ2n) is 5.41. The summed E-state index contributed by atoms with van der Waals surface area (Å²) in [6.07, 6.45) is 0.365. The first-order valence-corrected chi connectivity index (χ1v) is 7.31. The minimum Gasteiger partial charge on any atom is -0.383 e. The van der Waals surface area contributed by atoms with E-state index in [2.05, 4.69) is 11.2 Å². The van der Waals surface area contributed by atoms with E-state index in [4.69, 9.17) is 5.73 Å². The second-order valence-corrected chi connectivity index (χ2v) is 5.41. The van der Waals surface area contributed by atoms with Gasteiger partial charge in [-0.3, -0.25) is 0 Å². The lowest BCUT2D eigenvalue weighted by Crippen LogP contribution is -2.06. The van der Waals surface area contributed by atoms with E-state index in [0.29, 0.717) is 17.7 Å². The molecule has 0 spiro atoms. The van der Waals surface area contributed by atoms with Crippen LogP contribution < -0.4 is 5.73 Å². The Hall–Kier alpha value is -3.20. The summed E-state index contributed by atoms with van der Waals surface area (Å²) in [6.45, 7) is 0.266. The van der Waals surface area contributed by atoms with Gasteiger partial charge in [0.15, 0.2) is 0 Å². The highest BCUT2D eigenvalue weighted by molar-refractivity contribution is 5.53. The van der Waals surface area contributed by atoms with E-state index in [1.165, 1.54) is 28.9 Å². The van der Waals surface area contributed by atoms with Crippen LogP contribution in [0.4, 0.5) is 14.6 Å². The summed E-state index contributed by atoms with van der Waals surface area (Å²) in [5, 5.41) is 13.7. The fourth-order valence-corrected chi connectivity index (χ4v) is 2.50. The molecule has 0 saturated carbocycles. The predicted molar refractivity (Wildman–Crippen MR) is 86.1 cm³/mol. The molecule has 0 aliphatic heterocycles. The van der Waals surface area contributed by atoms with Crippen LogP contribution in [-0.4, -0.2) is 9.78 Å². The summed E-state index contributed by atoms with van der Waals surface area (Å²) >= 11 is 0. The number of nitrogens with two attached hydrogens (primary N) is 1. The van der Waals surface area contributed by atoms with Gasteiger partial charge in [-0.05, 0) is 35.4 Å². The van der Waals surface area contributed by atoms with Gasteiger partial charge in [0.25, 0.3) is 0 Å². The zero-order valence-electron chi connectivity index (χ0n) is 12.7. The lowest BCUT2D eigenvalue weighted by Gasteiger charge is -2.04. The van der Waals surface area contributed by atoms with Crippen molar-refractivity contribution in [3.63, 3.8) is 0 Å². The van der Waals surface area contributed by atoms with Gasteiger partial charge in [-0.2, -0.15) is 10.4 Å². The first kappa shape index (κ1) is 15.7. The van der Waals surface area contributed by atoms with Gasteiger partial charge in [0, 0.05) is 6.42 Å². The van der Waals surface area contributed by atoms with Crippen molar-refractivity contribution in [2.24, 2.45) is 0 Å². The van der Waals surface area contributed by atoms with E-state index < -0.39 is 0 Å². The third kappa shape index (κ3) is 3.25. The molecule has 2 N–H and O–H groups in total. The first-order valence-electron chi connectivity index (χ1n) is 7.31. The van der Waals surface area contributed by atoms with Crippen molar-refractivity contribution in [3.05, 3.63) is 82.5 Å². The largest absolute Gasteiger partial charge is 0.383 e. The van der Waals surface area contributed by atoms with Crippen LogP contribution in [-0.2, 0) is 13.0 Å². The average Bonchev–Trinajstić information content (AvgIpc) is 2.84. The molecule has 3 aromatic rings. The molecular weight excluding hydrogens is 310 g/mol. The van der Waals surface area contributed by atoms with Gasteiger partial charge in [0.2, 0.25) is 0 Å². The standard InChI is InChI=1S/C18H14F2N4/c19-14-6-4-12(5-7-14)9-17-16(10-21)18(22)24(23-17)11-13-2-1-3-15(20)8-13/h1-8H,9,11,22H2. The molecule has 0 fully saturated rings. The normalized spacial score (nSPS) is 10.5. The molecule has 6 heteroatoms. The monoisotopic (exact) mass is 324 g/mol. The van der Waals surface area contributed by atoms with Crippen LogP contribution in [0.2, 0.25) is 0 Å². The summed E-state index contributed by atoms with van der Waals surface area (Å²) in [5.41, 5.74) is 8.32. The number of aromatic nitrogens is 2. The molecule has 2 aromatic carbocycles. The lowest BCUT2D eigenvalue weighted by atomic mass is 10.1. The quantitative estimate of drug-likeness (QED) is 0.801. The molecule has 4 nitrogen and oxygen atoms in total. The molecular formula is C18H14F2N4. The van der Waals surface area contributed by atoms with Crippen LogP contribution in [0.5, 0.6) is 0 Å². The molecule has 24 heavy (non-hydrogen) atoms. The Morgan fingerprint density at radius 2 is 1.79 bits per heavy atom. The number of hydrogen-bond donors (Lipinski definition) is 1. The Morgan fingerprint density at radius 1 is 1.04 bits per heavy atom. The molecule has 0 aliphatic carbocycles. The Balaban J connectivity index is 1.91. The second kappa shape index (κ2) is 6.50. The van der Waals surface area contributed by atoms with Crippen molar-refractivity contribution < 1.29 is 8.78 Å². The lowest BCUT2D eigenvalue weighted by molar-refractivity contribution is 0.619. The van der Waals surface area contributed by atoms with Crippen molar-refractivity contribution in [1.29, 1.82) is 5.26 Å². The first-order chi connectivity index (χ1) is 11.6. The van der Waals surface area contributed by atoms with E-state index in [0.717, 1.165) is 5.56 Å². The average molecular weight is 324 g/mol. The summed E-state index contributed by atoms with van der Waals surface area (Å²) in [7, 11) is 0. The summed E-state index contributed by atoms with van der Waals surface area (Å²) in [4.78, 5) is 0. The van der Waals surface area contributed by atoms with Crippen LogP contribution in [0, 0.1) is 23.0 Å². The van der Waals surface area contributed by atoms with Crippen molar-refractivity contribution >= 4 is 5.82 Å². The Morgan fingerprint density at radius 3 is 2.46 bits per heavy atom. The highest BCUT2D eigenvalue weighted by Gasteiger charge is 2.16. The number of nitrogens with zero attached hydrogens (tertiary/aromatic N) is 3. The zero-order chi connectivity index (χ0) is 17.1. The van der Waals surface area contributed by atoms with Gasteiger partial charge < -0.3 is 5.73 Å². The van der Waals surface area contributed by atoms with Crippen LogP contribution in [0.3, 0.4) is 0 Å². The highest BCUT2D eigenvalue weighted by Crippen LogP contribution is 2.20. The Labute approximate surface area is 137 Å². The van der Waals surface area contributed by atoms with Crippen LogP contribution in [0.15, 0.2) is 48.5 Å². The van der Waals surface area contributed by atoms with Crippen molar-refractivity contribution in [1.82, 2.24) is 9.78 Å². The molecule has 0 radical (unpaired) electrons. The molecule has 0 saturated heterocycles. The van der Waals surface area contributed by atoms with Crippen molar-refractivity contribution in [3.8, 4) is 6.07 Å². The van der Waals surface area contributed by atoms with Crippen molar-refractivity contribution in [2.45, 2.75) is 13.0 Å². The number of nitrogen functional groups attached to an aromatic ring is 1. The van der Waals surface area contributed by atoms with Crippen LogP contribution in [0.25, 0.3) is 0 Å². The van der Waals surface area contributed by atoms with E-state index in [9.17, 15) is 14.0 Å². The molecule has 0 aliphatic rings. The molecule has 0 amide bonds. The number of benzene rings is 2. The molecule has 0 atom stereocenters. The molecule has 1 aromatic heterocycles. The fraction of sp³-hybridized carbons (Fsp3) is 0.111. The van der Waals surface area contributed by atoms with Crippen LogP contribution >= 0.6 is 0 Å². The SMILES string of the molecule is N#Cc1c(Cc2ccc(F)cc2)nn(Cc2cccc(F)c2)c1N. The van der Waals surface area contributed by atoms with Crippen LogP contribution in [0.1, 0.15) is 22.4 Å². The van der Waals surface area contributed by atoms with Gasteiger partial charge in [-0.25, -0.2) is 13.5 Å². The number of rotatable bonds is 4. The molecule has 3 rings (SSSR count). The maximum absolute atomic E-state index is 13.3. The Bertz CT molecular complexity index is 908. The van der Waals surface area contributed by atoms with E-state index in [1.807, 2.05) is 0 Å². The fourth-order valence-electron chi connectivity index (χ4n) is 2.50. The zero-order valence-corrected chi connectivity index (χ0v) is 12.7. The van der Waals surface area contributed by atoms with Gasteiger partial charge in [0.1, 0.15) is 29.1 Å². The summed E-state index contributed by atoms with van der Waals surface area (Å²) in [5.74, 6) is -0.431. The van der Waals surface area contributed by atoms with Gasteiger partial charge in [0.05, 0.1) is 12.2 Å². The molecule has 120 valence electrons. The number of halogens is 2. The third-order valence-corrected chi connectivity index (χ3v) is 3.68. The van der Waals surface area contributed by atoms with E-state index in [-0.39, 0.29) is 29.6 Å². The van der Waals surface area contributed by atoms with Gasteiger partial charge in [-0.15, -0.1) is 0 Å². The minimum absolute atomic E-state index is 0.235. The van der Waals surface area contributed by atoms with Crippen molar-refractivity contribution in [2.75, 3.05) is 5.73 Å². The summed E-state index contributed by atoms with van der Waals surface area (Å²) in [6, 6.07) is 14.2. The maximum Gasteiger partial charge on any atom is 0.140 e. The number of hydrogen-bond acceptors (Lipinski definition) is 3. The molecule has 1 heterocycles. The number of anilines is 1. The van der Waals surface area contributed by atoms with Gasteiger partial charge >= 0.3 is 0 Å².